The number of ketones is 1. The Kier molecular flexibility index (Phi) is 4.06. The van der Waals surface area contributed by atoms with Crippen molar-refractivity contribution in [2.24, 2.45) is 0 Å². The van der Waals surface area contributed by atoms with Gasteiger partial charge in [0.2, 0.25) is 0 Å². The number of aromatic nitrogens is 2. The first-order valence-corrected chi connectivity index (χ1v) is 8.75. The van der Waals surface area contributed by atoms with Crippen LogP contribution < -0.4 is 5.32 Å². The van der Waals surface area contributed by atoms with Gasteiger partial charge < -0.3 is 5.32 Å². The largest absolute Gasteiger partial charge is 0.337 e. The van der Waals surface area contributed by atoms with E-state index in [9.17, 15) is 4.79 Å². The van der Waals surface area contributed by atoms with E-state index >= 15 is 0 Å². The Morgan fingerprint density at radius 1 is 1.12 bits per heavy atom. The summed E-state index contributed by atoms with van der Waals surface area (Å²) >= 11 is 6.34. The molecule has 1 aromatic heterocycles. The number of rotatable bonds is 3. The molecule has 0 aliphatic heterocycles. The molecule has 1 aliphatic carbocycles. The summed E-state index contributed by atoms with van der Waals surface area (Å²) in [4.78, 5) is 12.6. The quantitative estimate of drug-likeness (QED) is 0.714. The number of para-hydroxylation sites is 1. The van der Waals surface area contributed by atoms with E-state index in [-0.39, 0.29) is 5.78 Å². The summed E-state index contributed by atoms with van der Waals surface area (Å²) in [6, 6.07) is 15.7. The molecule has 0 amide bonds. The number of halogens is 1. The Morgan fingerprint density at radius 2 is 1.92 bits per heavy atom. The molecule has 2 aromatic carbocycles. The summed E-state index contributed by atoms with van der Waals surface area (Å²) in [5.41, 5.74) is 4.45. The van der Waals surface area contributed by atoms with Crippen molar-refractivity contribution < 1.29 is 4.79 Å². The third-order valence-corrected chi connectivity index (χ3v) is 4.77. The summed E-state index contributed by atoms with van der Waals surface area (Å²) in [6.45, 7) is 1.99. The highest BCUT2D eigenvalue weighted by Gasteiger charge is 2.28. The Morgan fingerprint density at radius 3 is 2.68 bits per heavy atom. The van der Waals surface area contributed by atoms with Crippen molar-refractivity contribution in [3.63, 3.8) is 0 Å². The van der Waals surface area contributed by atoms with Crippen molar-refractivity contribution in [3.05, 3.63) is 70.4 Å². The number of nitrogens with zero attached hydrogens (tertiary/aromatic N) is 2. The van der Waals surface area contributed by atoms with E-state index in [1.807, 2.05) is 60.1 Å². The van der Waals surface area contributed by atoms with Crippen LogP contribution in [-0.2, 0) is 6.42 Å². The van der Waals surface area contributed by atoms with Gasteiger partial charge >= 0.3 is 0 Å². The van der Waals surface area contributed by atoms with Crippen molar-refractivity contribution in [2.45, 2.75) is 26.2 Å². The molecule has 25 heavy (non-hydrogen) atoms. The van der Waals surface area contributed by atoms with Crippen LogP contribution >= 0.6 is 11.6 Å². The van der Waals surface area contributed by atoms with Crippen molar-refractivity contribution in [2.75, 3.05) is 5.32 Å². The topological polar surface area (TPSA) is 46.9 Å². The van der Waals surface area contributed by atoms with E-state index in [0.717, 1.165) is 35.5 Å². The number of carbonyl (C=O) groups is 1. The molecule has 0 unspecified atom stereocenters. The Balaban J connectivity index is 1.82. The van der Waals surface area contributed by atoms with Crippen LogP contribution in [0.15, 0.2) is 48.5 Å². The second-order valence-corrected chi connectivity index (χ2v) is 6.71. The van der Waals surface area contributed by atoms with Gasteiger partial charge in [0.25, 0.3) is 0 Å². The van der Waals surface area contributed by atoms with Gasteiger partial charge in [-0.2, -0.15) is 0 Å². The molecule has 1 aliphatic rings. The van der Waals surface area contributed by atoms with E-state index in [0.29, 0.717) is 22.8 Å². The normalized spacial score (nSPS) is 13.6. The number of benzene rings is 2. The van der Waals surface area contributed by atoms with Gasteiger partial charge in [0.1, 0.15) is 0 Å². The fraction of sp³-hybridized carbons (Fsp3) is 0.200. The minimum absolute atomic E-state index is 0.133. The second kappa shape index (κ2) is 6.37. The number of aryl methyl sites for hydroxylation is 1. The van der Waals surface area contributed by atoms with E-state index < -0.39 is 0 Å². The zero-order valence-corrected chi connectivity index (χ0v) is 14.7. The SMILES string of the molecule is Cc1ccc(Nc2nn(-c3ccccc3)c3c2C(=O)CCC3)c(Cl)c1. The molecule has 5 heteroatoms. The predicted octanol–water partition coefficient (Wildman–Crippen LogP) is 5.10. The molecule has 0 atom stereocenters. The molecule has 4 rings (SSSR count). The van der Waals surface area contributed by atoms with Crippen LogP contribution in [0.3, 0.4) is 0 Å². The van der Waals surface area contributed by atoms with Crippen LogP contribution in [0, 0.1) is 6.92 Å². The summed E-state index contributed by atoms with van der Waals surface area (Å²) in [7, 11) is 0. The van der Waals surface area contributed by atoms with Crippen LogP contribution in [0.5, 0.6) is 0 Å². The van der Waals surface area contributed by atoms with Gasteiger partial charge in [0, 0.05) is 6.42 Å². The maximum Gasteiger partial charge on any atom is 0.168 e. The molecule has 3 aromatic rings. The molecule has 1 N–H and O–H groups in total. The molecule has 0 spiro atoms. The van der Waals surface area contributed by atoms with E-state index in [1.54, 1.807) is 0 Å². The van der Waals surface area contributed by atoms with Crippen LogP contribution in [0.25, 0.3) is 5.69 Å². The lowest BCUT2D eigenvalue weighted by atomic mass is 9.95. The second-order valence-electron chi connectivity index (χ2n) is 6.30. The van der Waals surface area contributed by atoms with Crippen molar-refractivity contribution in [1.29, 1.82) is 0 Å². The molecule has 0 fully saturated rings. The first kappa shape index (κ1) is 15.9. The number of nitrogens with one attached hydrogen (secondary N) is 1. The summed E-state index contributed by atoms with van der Waals surface area (Å²) < 4.78 is 1.87. The lowest BCUT2D eigenvalue weighted by Crippen LogP contribution is -2.13. The zero-order valence-electron chi connectivity index (χ0n) is 13.9. The average molecular weight is 352 g/mol. The standard InChI is InChI=1S/C20H18ClN3O/c1-13-10-11-16(15(21)12-13)22-20-19-17(8-5-9-18(19)25)24(23-20)14-6-3-2-4-7-14/h2-4,6-7,10-12H,5,8-9H2,1H3,(H,22,23). The third kappa shape index (κ3) is 2.94. The van der Waals surface area contributed by atoms with Crippen LogP contribution in [0.4, 0.5) is 11.5 Å². The summed E-state index contributed by atoms with van der Waals surface area (Å²) in [6.07, 6.45) is 2.26. The molecule has 0 bridgehead atoms. The number of hydrogen-bond acceptors (Lipinski definition) is 3. The number of fused-ring (bicyclic) bond motifs is 1. The maximum absolute atomic E-state index is 12.6. The van der Waals surface area contributed by atoms with Gasteiger partial charge in [-0.3, -0.25) is 4.79 Å². The Hall–Kier alpha value is -2.59. The predicted molar refractivity (Wildman–Crippen MR) is 100 cm³/mol. The van der Waals surface area contributed by atoms with Gasteiger partial charge in [-0.1, -0.05) is 35.9 Å². The fourth-order valence-electron chi connectivity index (χ4n) is 3.24. The van der Waals surface area contributed by atoms with E-state index in [1.165, 1.54) is 0 Å². The maximum atomic E-state index is 12.6. The minimum atomic E-state index is 0.133. The van der Waals surface area contributed by atoms with Crippen LogP contribution in [0.2, 0.25) is 5.02 Å². The molecular weight excluding hydrogens is 334 g/mol. The number of hydrogen-bond donors (Lipinski definition) is 1. The molecular formula is C20H18ClN3O. The number of anilines is 2. The van der Waals surface area contributed by atoms with Crippen LogP contribution in [0.1, 0.15) is 34.5 Å². The van der Waals surface area contributed by atoms with Crippen molar-refractivity contribution >= 4 is 28.9 Å². The highest BCUT2D eigenvalue weighted by atomic mass is 35.5. The molecule has 1 heterocycles. The Labute approximate surface area is 151 Å². The molecule has 0 saturated heterocycles. The summed E-state index contributed by atoms with van der Waals surface area (Å²) in [5, 5.41) is 8.58. The van der Waals surface area contributed by atoms with E-state index in [4.69, 9.17) is 16.7 Å². The average Bonchev–Trinajstić information content (AvgIpc) is 2.98. The molecule has 126 valence electrons. The van der Waals surface area contributed by atoms with Gasteiger partial charge in [0.15, 0.2) is 11.6 Å². The van der Waals surface area contributed by atoms with Gasteiger partial charge in [0.05, 0.1) is 27.7 Å². The third-order valence-electron chi connectivity index (χ3n) is 4.46. The van der Waals surface area contributed by atoms with E-state index in [2.05, 4.69) is 5.32 Å². The molecule has 0 saturated carbocycles. The lowest BCUT2D eigenvalue weighted by molar-refractivity contribution is 0.0973. The number of Topliss-reactive ketones (excluding diaryl/α,β-unsaturated/α-hetero) is 1. The minimum Gasteiger partial charge on any atom is -0.337 e. The van der Waals surface area contributed by atoms with Gasteiger partial charge in [-0.15, -0.1) is 5.10 Å². The van der Waals surface area contributed by atoms with Gasteiger partial charge in [-0.25, -0.2) is 4.68 Å². The molecule has 4 nitrogen and oxygen atoms in total. The lowest BCUT2D eigenvalue weighted by Gasteiger charge is -2.13. The first-order chi connectivity index (χ1) is 12.1. The monoisotopic (exact) mass is 351 g/mol. The summed E-state index contributed by atoms with van der Waals surface area (Å²) in [5.74, 6) is 0.712. The van der Waals surface area contributed by atoms with Crippen molar-refractivity contribution in [3.8, 4) is 5.69 Å². The smallest absolute Gasteiger partial charge is 0.168 e. The fourth-order valence-corrected chi connectivity index (χ4v) is 3.52. The number of carbonyl (C=O) groups excluding carboxylic acids is 1. The van der Waals surface area contributed by atoms with Gasteiger partial charge in [-0.05, 0) is 49.6 Å². The van der Waals surface area contributed by atoms with Crippen molar-refractivity contribution in [1.82, 2.24) is 9.78 Å². The first-order valence-electron chi connectivity index (χ1n) is 8.37. The Bertz CT molecular complexity index is 947. The zero-order chi connectivity index (χ0) is 17.4. The highest BCUT2D eigenvalue weighted by molar-refractivity contribution is 6.33. The molecule has 0 radical (unpaired) electrons. The highest BCUT2D eigenvalue weighted by Crippen LogP contribution is 2.33. The van der Waals surface area contributed by atoms with Crippen LogP contribution in [-0.4, -0.2) is 15.6 Å².